The first-order valence-corrected chi connectivity index (χ1v) is 6.17. The number of rotatable bonds is 3. The van der Waals surface area contributed by atoms with Gasteiger partial charge in [0.2, 0.25) is 0 Å². The molecular weight excluding hydrogens is 248 g/mol. The topological polar surface area (TPSA) is 76.4 Å². The normalized spacial score (nSPS) is 11.8. The van der Waals surface area contributed by atoms with E-state index in [1.165, 1.54) is 0 Å². The van der Waals surface area contributed by atoms with Crippen molar-refractivity contribution in [3.05, 3.63) is 41.7 Å². The predicted octanol–water partition coefficient (Wildman–Crippen LogP) is 1.97. The van der Waals surface area contributed by atoms with Crippen molar-refractivity contribution in [3.63, 3.8) is 0 Å². The van der Waals surface area contributed by atoms with E-state index >= 15 is 0 Å². The first-order chi connectivity index (χ1) is 8.61. The zero-order valence-electron chi connectivity index (χ0n) is 10.2. The second kappa shape index (κ2) is 5.14. The minimum atomic E-state index is 0.117. The van der Waals surface area contributed by atoms with Gasteiger partial charge in [0, 0.05) is 29.9 Å². The van der Waals surface area contributed by atoms with Crippen molar-refractivity contribution in [1.29, 1.82) is 0 Å². The van der Waals surface area contributed by atoms with Crippen LogP contribution in [0.1, 0.15) is 11.1 Å². The number of aromatic nitrogens is 2. The molecule has 0 atom stereocenters. The van der Waals surface area contributed by atoms with Gasteiger partial charge in [0.15, 0.2) is 11.0 Å². The maximum atomic E-state index is 8.64. The fourth-order valence-electron chi connectivity index (χ4n) is 1.53. The predicted molar refractivity (Wildman–Crippen MR) is 71.0 cm³/mol. The molecule has 3 N–H and O–H groups in total. The van der Waals surface area contributed by atoms with E-state index in [0.29, 0.717) is 5.56 Å². The van der Waals surface area contributed by atoms with Gasteiger partial charge in [-0.3, -0.25) is 0 Å². The van der Waals surface area contributed by atoms with Crippen molar-refractivity contribution in [2.45, 2.75) is 17.0 Å². The summed E-state index contributed by atoms with van der Waals surface area (Å²) in [5, 5.41) is 12.6. The van der Waals surface area contributed by atoms with Crippen LogP contribution in [0.3, 0.4) is 0 Å². The summed E-state index contributed by atoms with van der Waals surface area (Å²) in [5.74, 6) is 0.117. The quantitative estimate of drug-likeness (QED) is 0.384. The molecule has 0 unspecified atom stereocenters. The van der Waals surface area contributed by atoms with Crippen molar-refractivity contribution in [2.75, 3.05) is 0 Å². The van der Waals surface area contributed by atoms with Gasteiger partial charge in [-0.1, -0.05) is 23.0 Å². The lowest BCUT2D eigenvalue weighted by Crippen LogP contribution is -2.13. The van der Waals surface area contributed by atoms with Gasteiger partial charge in [0.1, 0.15) is 0 Å². The Morgan fingerprint density at radius 2 is 2.28 bits per heavy atom. The van der Waals surface area contributed by atoms with Crippen molar-refractivity contribution < 1.29 is 5.21 Å². The Morgan fingerprint density at radius 1 is 1.50 bits per heavy atom. The second-order valence-corrected chi connectivity index (χ2v) is 4.90. The lowest BCUT2D eigenvalue weighted by atomic mass is 10.1. The molecule has 18 heavy (non-hydrogen) atoms. The van der Waals surface area contributed by atoms with E-state index in [1.54, 1.807) is 18.0 Å². The van der Waals surface area contributed by atoms with E-state index in [1.807, 2.05) is 42.9 Å². The van der Waals surface area contributed by atoms with Crippen molar-refractivity contribution >= 4 is 17.6 Å². The average Bonchev–Trinajstić information content (AvgIpc) is 2.76. The van der Waals surface area contributed by atoms with Gasteiger partial charge in [0.05, 0.1) is 0 Å². The summed E-state index contributed by atoms with van der Waals surface area (Å²) in [6.07, 6.45) is 3.67. The lowest BCUT2D eigenvalue weighted by Gasteiger charge is -2.07. The van der Waals surface area contributed by atoms with Crippen molar-refractivity contribution in [1.82, 2.24) is 9.55 Å². The van der Waals surface area contributed by atoms with Crippen LogP contribution in [-0.2, 0) is 7.05 Å². The number of amidine groups is 1. The minimum absolute atomic E-state index is 0.117. The molecule has 94 valence electrons. The molecule has 0 fully saturated rings. The fourth-order valence-corrected chi connectivity index (χ4v) is 2.40. The van der Waals surface area contributed by atoms with Crippen LogP contribution in [0.4, 0.5) is 0 Å². The molecule has 6 heteroatoms. The van der Waals surface area contributed by atoms with Crippen LogP contribution in [0.2, 0.25) is 0 Å². The van der Waals surface area contributed by atoms with Crippen LogP contribution in [0.5, 0.6) is 0 Å². The first kappa shape index (κ1) is 12.5. The Bertz CT molecular complexity index is 592. The molecule has 1 aromatic heterocycles. The minimum Gasteiger partial charge on any atom is -0.409 e. The van der Waals surface area contributed by atoms with Gasteiger partial charge in [-0.15, -0.1) is 0 Å². The number of oxime groups is 1. The molecule has 2 aromatic rings. The summed E-state index contributed by atoms with van der Waals surface area (Å²) in [6, 6.07) is 5.66. The Morgan fingerprint density at radius 3 is 2.83 bits per heavy atom. The van der Waals surface area contributed by atoms with E-state index in [-0.39, 0.29) is 5.84 Å². The number of hydrogen-bond donors (Lipinski definition) is 2. The highest BCUT2D eigenvalue weighted by Gasteiger charge is 2.07. The molecule has 0 aliphatic rings. The van der Waals surface area contributed by atoms with Crippen LogP contribution >= 0.6 is 11.8 Å². The number of aryl methyl sites for hydroxylation is 2. The maximum Gasteiger partial charge on any atom is 0.172 e. The molecule has 1 heterocycles. The van der Waals surface area contributed by atoms with Crippen molar-refractivity contribution in [3.8, 4) is 0 Å². The number of nitrogens with zero attached hydrogens (tertiary/aromatic N) is 3. The fraction of sp³-hybridized carbons (Fsp3) is 0.167. The summed E-state index contributed by atoms with van der Waals surface area (Å²) in [6.45, 7) is 1.99. The van der Waals surface area contributed by atoms with Gasteiger partial charge in [-0.2, -0.15) is 0 Å². The highest BCUT2D eigenvalue weighted by Crippen LogP contribution is 2.29. The summed E-state index contributed by atoms with van der Waals surface area (Å²) in [5.41, 5.74) is 7.32. The van der Waals surface area contributed by atoms with Crippen LogP contribution in [-0.4, -0.2) is 20.6 Å². The number of benzene rings is 1. The molecule has 2 rings (SSSR count). The summed E-state index contributed by atoms with van der Waals surface area (Å²) in [7, 11) is 1.95. The number of hydrogen-bond acceptors (Lipinski definition) is 4. The van der Waals surface area contributed by atoms with E-state index in [4.69, 9.17) is 10.9 Å². The third kappa shape index (κ3) is 2.48. The Kier molecular flexibility index (Phi) is 3.57. The molecular formula is C12H14N4OS. The standard InChI is InChI=1S/C12H14N4OS/c1-8-7-9(11(13)15-17)3-4-10(8)18-12-14-5-6-16(12)2/h3-7,17H,1-2H3,(H2,13,15). The van der Waals surface area contributed by atoms with Gasteiger partial charge in [-0.05, 0) is 24.6 Å². The van der Waals surface area contributed by atoms with Crippen molar-refractivity contribution in [2.24, 2.45) is 17.9 Å². The molecule has 0 spiro atoms. The SMILES string of the molecule is Cc1cc(/C(N)=N/O)ccc1Sc1nccn1C. The Balaban J connectivity index is 2.28. The van der Waals surface area contributed by atoms with Crippen LogP contribution in [0.15, 0.2) is 45.8 Å². The smallest absolute Gasteiger partial charge is 0.172 e. The van der Waals surface area contributed by atoms with Gasteiger partial charge in [0.25, 0.3) is 0 Å². The Hall–Kier alpha value is -1.95. The van der Waals surface area contributed by atoms with Crippen LogP contribution in [0, 0.1) is 6.92 Å². The molecule has 0 aliphatic heterocycles. The zero-order valence-corrected chi connectivity index (χ0v) is 11.0. The molecule has 1 aromatic carbocycles. The number of nitrogens with two attached hydrogens (primary N) is 1. The summed E-state index contributed by atoms with van der Waals surface area (Å²) < 4.78 is 1.96. The lowest BCUT2D eigenvalue weighted by molar-refractivity contribution is 0.318. The molecule has 0 bridgehead atoms. The second-order valence-electron chi connectivity index (χ2n) is 3.89. The largest absolute Gasteiger partial charge is 0.409 e. The summed E-state index contributed by atoms with van der Waals surface area (Å²) in [4.78, 5) is 5.36. The molecule has 0 radical (unpaired) electrons. The van der Waals surface area contributed by atoms with E-state index in [9.17, 15) is 0 Å². The monoisotopic (exact) mass is 262 g/mol. The number of imidazole rings is 1. The van der Waals surface area contributed by atoms with Crippen LogP contribution < -0.4 is 5.73 Å². The van der Waals surface area contributed by atoms with E-state index < -0.39 is 0 Å². The maximum absolute atomic E-state index is 8.64. The van der Waals surface area contributed by atoms with E-state index in [2.05, 4.69) is 10.1 Å². The molecule has 0 saturated carbocycles. The molecule has 0 aliphatic carbocycles. The summed E-state index contributed by atoms with van der Waals surface area (Å²) >= 11 is 1.58. The molecule has 0 amide bonds. The third-order valence-electron chi connectivity index (χ3n) is 2.56. The third-order valence-corrected chi connectivity index (χ3v) is 3.81. The first-order valence-electron chi connectivity index (χ1n) is 5.35. The zero-order chi connectivity index (χ0) is 13.1. The average molecular weight is 262 g/mol. The molecule has 5 nitrogen and oxygen atoms in total. The van der Waals surface area contributed by atoms with E-state index in [0.717, 1.165) is 15.6 Å². The van der Waals surface area contributed by atoms with Gasteiger partial charge < -0.3 is 15.5 Å². The molecule has 0 saturated heterocycles. The van der Waals surface area contributed by atoms with Crippen LogP contribution in [0.25, 0.3) is 0 Å². The Labute approximate surface area is 109 Å². The highest BCUT2D eigenvalue weighted by atomic mass is 32.2. The van der Waals surface area contributed by atoms with Gasteiger partial charge >= 0.3 is 0 Å². The highest BCUT2D eigenvalue weighted by molar-refractivity contribution is 7.99. The van der Waals surface area contributed by atoms with Gasteiger partial charge in [-0.25, -0.2) is 4.98 Å².